The number of ether oxygens (including phenoxy) is 1. The molecule has 1 saturated carbocycles. The first-order chi connectivity index (χ1) is 15.9. The molecule has 1 aromatic carbocycles. The number of carbonyl (C=O) groups is 1. The molecule has 1 aliphatic carbocycles. The number of hydrogen-bond donors (Lipinski definition) is 1. The second-order valence-corrected chi connectivity index (χ2v) is 12.6. The van der Waals surface area contributed by atoms with E-state index in [1.165, 1.54) is 26.0 Å². The summed E-state index contributed by atoms with van der Waals surface area (Å²) in [6.07, 6.45) is 7.32. The Morgan fingerprint density at radius 2 is 1.88 bits per heavy atom. The van der Waals surface area contributed by atoms with Gasteiger partial charge in [0.05, 0.1) is 7.11 Å². The van der Waals surface area contributed by atoms with Gasteiger partial charge in [0.25, 0.3) is 5.91 Å². The molecule has 4 rings (SSSR count). The molecule has 184 valence electrons. The zero-order valence-corrected chi connectivity index (χ0v) is 21.5. The van der Waals surface area contributed by atoms with Gasteiger partial charge in [-0.2, -0.15) is 16.1 Å². The van der Waals surface area contributed by atoms with E-state index in [4.69, 9.17) is 4.74 Å². The van der Waals surface area contributed by atoms with E-state index in [0.29, 0.717) is 18.7 Å². The van der Waals surface area contributed by atoms with Crippen LogP contribution in [0.4, 0.5) is 0 Å². The standard InChI is InChI=1S/C24H37N3O4S2/c1-19-7-3-6-12-27(19)33(29,30)22-17-20(8-9-21(22)31-2)23(28)25-18-24(10-4-5-11-24)26-13-15-32-16-14-26/h8-9,17,19H,3-7,10-16,18H2,1-2H3,(H,25,28). The lowest BCUT2D eigenvalue weighted by Gasteiger charge is -2.43. The third kappa shape index (κ3) is 5.21. The van der Waals surface area contributed by atoms with Crippen molar-refractivity contribution in [1.29, 1.82) is 0 Å². The second kappa shape index (κ2) is 10.5. The molecule has 33 heavy (non-hydrogen) atoms. The number of thioether (sulfide) groups is 1. The highest BCUT2D eigenvalue weighted by Crippen LogP contribution is 2.36. The molecular weight excluding hydrogens is 458 g/mol. The Morgan fingerprint density at radius 1 is 1.15 bits per heavy atom. The van der Waals surface area contributed by atoms with Gasteiger partial charge in [-0.15, -0.1) is 0 Å². The molecule has 0 spiro atoms. The number of hydrogen-bond acceptors (Lipinski definition) is 6. The van der Waals surface area contributed by atoms with Crippen molar-refractivity contribution in [3.05, 3.63) is 23.8 Å². The molecule has 0 bridgehead atoms. The van der Waals surface area contributed by atoms with Crippen molar-refractivity contribution in [3.8, 4) is 5.75 Å². The minimum absolute atomic E-state index is 0.0290. The molecule has 3 fully saturated rings. The summed E-state index contributed by atoms with van der Waals surface area (Å²) in [5, 5.41) is 3.15. The van der Waals surface area contributed by atoms with E-state index in [1.54, 1.807) is 16.4 Å². The Balaban J connectivity index is 1.53. The van der Waals surface area contributed by atoms with Gasteiger partial charge in [-0.05, 0) is 50.8 Å². The highest BCUT2D eigenvalue weighted by molar-refractivity contribution is 7.99. The predicted octanol–water partition coefficient (Wildman–Crippen LogP) is 3.35. The number of piperidine rings is 1. The fraction of sp³-hybridized carbons (Fsp3) is 0.708. The molecule has 1 atom stereocenters. The van der Waals surface area contributed by atoms with Gasteiger partial charge in [-0.25, -0.2) is 8.42 Å². The van der Waals surface area contributed by atoms with E-state index in [1.807, 2.05) is 18.7 Å². The average molecular weight is 496 g/mol. The quantitative estimate of drug-likeness (QED) is 0.625. The van der Waals surface area contributed by atoms with E-state index in [0.717, 1.165) is 56.7 Å². The first kappa shape index (κ1) is 24.8. The number of carbonyl (C=O) groups excluding carboxylic acids is 1. The summed E-state index contributed by atoms with van der Waals surface area (Å²) in [6.45, 7) is 5.19. The van der Waals surface area contributed by atoms with Crippen LogP contribution in [0, 0.1) is 0 Å². The third-order valence-corrected chi connectivity index (χ3v) is 10.5. The smallest absolute Gasteiger partial charge is 0.251 e. The first-order valence-corrected chi connectivity index (χ1v) is 14.8. The van der Waals surface area contributed by atoms with Gasteiger partial charge in [0.15, 0.2) is 0 Å². The number of nitrogens with one attached hydrogen (secondary N) is 1. The summed E-state index contributed by atoms with van der Waals surface area (Å²) in [6, 6.07) is 4.69. The van der Waals surface area contributed by atoms with Gasteiger partial charge < -0.3 is 10.1 Å². The van der Waals surface area contributed by atoms with Crippen LogP contribution < -0.4 is 10.1 Å². The molecule has 1 unspecified atom stereocenters. The van der Waals surface area contributed by atoms with Crippen molar-refractivity contribution in [3.63, 3.8) is 0 Å². The van der Waals surface area contributed by atoms with Crippen LogP contribution in [0.5, 0.6) is 5.75 Å². The largest absolute Gasteiger partial charge is 0.495 e. The number of methoxy groups -OCH3 is 1. The van der Waals surface area contributed by atoms with Crippen LogP contribution in [0.3, 0.4) is 0 Å². The summed E-state index contributed by atoms with van der Waals surface area (Å²) < 4.78 is 33.9. The van der Waals surface area contributed by atoms with Crippen molar-refractivity contribution in [2.24, 2.45) is 0 Å². The molecule has 2 heterocycles. The summed E-state index contributed by atoms with van der Waals surface area (Å²) in [5.41, 5.74) is 0.391. The minimum atomic E-state index is -3.75. The SMILES string of the molecule is COc1ccc(C(=O)NCC2(N3CCSCC3)CCCC2)cc1S(=O)(=O)N1CCCCC1C. The van der Waals surface area contributed by atoms with E-state index in [-0.39, 0.29) is 28.1 Å². The van der Waals surface area contributed by atoms with E-state index in [2.05, 4.69) is 10.2 Å². The molecule has 0 radical (unpaired) electrons. The lowest BCUT2D eigenvalue weighted by Crippen LogP contribution is -2.56. The fourth-order valence-electron chi connectivity index (χ4n) is 5.60. The van der Waals surface area contributed by atoms with Gasteiger partial charge in [-0.3, -0.25) is 9.69 Å². The Hall–Kier alpha value is -1.29. The number of sulfonamides is 1. The van der Waals surface area contributed by atoms with Crippen LogP contribution >= 0.6 is 11.8 Å². The first-order valence-electron chi connectivity index (χ1n) is 12.2. The molecular formula is C24H37N3O4S2. The average Bonchev–Trinajstić information content (AvgIpc) is 3.33. The van der Waals surface area contributed by atoms with Gasteiger partial charge >= 0.3 is 0 Å². The lowest BCUT2D eigenvalue weighted by atomic mass is 9.94. The lowest BCUT2D eigenvalue weighted by molar-refractivity contribution is 0.0817. The summed E-state index contributed by atoms with van der Waals surface area (Å²) in [7, 11) is -2.29. The molecule has 2 saturated heterocycles. The maximum atomic E-state index is 13.5. The maximum Gasteiger partial charge on any atom is 0.251 e. The van der Waals surface area contributed by atoms with Crippen molar-refractivity contribution in [1.82, 2.24) is 14.5 Å². The third-order valence-electron chi connectivity index (χ3n) is 7.55. The number of rotatable bonds is 7. The van der Waals surface area contributed by atoms with Crippen LogP contribution in [0.25, 0.3) is 0 Å². The van der Waals surface area contributed by atoms with Crippen LogP contribution in [0.2, 0.25) is 0 Å². The van der Waals surface area contributed by atoms with Crippen molar-refractivity contribution < 1.29 is 17.9 Å². The normalized spacial score (nSPS) is 24.5. The summed E-state index contributed by atoms with van der Waals surface area (Å²) in [5.74, 6) is 2.34. The van der Waals surface area contributed by atoms with E-state index < -0.39 is 10.0 Å². The fourth-order valence-corrected chi connectivity index (χ4v) is 8.38. The predicted molar refractivity (Wildman–Crippen MR) is 133 cm³/mol. The molecule has 9 heteroatoms. The number of nitrogens with zero attached hydrogens (tertiary/aromatic N) is 2. The Bertz CT molecular complexity index is 941. The number of benzene rings is 1. The van der Waals surface area contributed by atoms with Gasteiger partial charge in [0, 0.05) is 54.8 Å². The molecule has 7 nitrogen and oxygen atoms in total. The van der Waals surface area contributed by atoms with Crippen molar-refractivity contribution in [2.45, 2.75) is 68.3 Å². The van der Waals surface area contributed by atoms with Gasteiger partial charge in [0.1, 0.15) is 10.6 Å². The van der Waals surface area contributed by atoms with Gasteiger partial charge in [0.2, 0.25) is 10.0 Å². The zero-order chi connectivity index (χ0) is 23.5. The Morgan fingerprint density at radius 3 is 2.55 bits per heavy atom. The summed E-state index contributed by atoms with van der Waals surface area (Å²) in [4.78, 5) is 15.8. The zero-order valence-electron chi connectivity index (χ0n) is 19.8. The summed E-state index contributed by atoms with van der Waals surface area (Å²) >= 11 is 1.99. The Kier molecular flexibility index (Phi) is 7.93. The molecule has 1 amide bonds. The molecule has 2 aliphatic heterocycles. The maximum absolute atomic E-state index is 13.5. The molecule has 0 aromatic heterocycles. The second-order valence-electron chi connectivity index (χ2n) is 9.54. The van der Waals surface area contributed by atoms with E-state index in [9.17, 15) is 13.2 Å². The van der Waals surface area contributed by atoms with E-state index >= 15 is 0 Å². The topological polar surface area (TPSA) is 79.0 Å². The minimum Gasteiger partial charge on any atom is -0.495 e. The Labute approximate surface area is 202 Å². The molecule has 1 N–H and O–H groups in total. The highest BCUT2D eigenvalue weighted by atomic mass is 32.2. The number of amides is 1. The van der Waals surface area contributed by atoms with Crippen molar-refractivity contribution in [2.75, 3.05) is 44.8 Å². The van der Waals surface area contributed by atoms with Crippen LogP contribution in [0.15, 0.2) is 23.1 Å². The van der Waals surface area contributed by atoms with Crippen LogP contribution in [-0.4, -0.2) is 79.9 Å². The van der Waals surface area contributed by atoms with Crippen LogP contribution in [-0.2, 0) is 10.0 Å². The van der Waals surface area contributed by atoms with Gasteiger partial charge in [-0.1, -0.05) is 19.3 Å². The molecule has 3 aliphatic rings. The molecule has 1 aromatic rings. The van der Waals surface area contributed by atoms with Crippen LogP contribution in [0.1, 0.15) is 62.2 Å². The highest BCUT2D eigenvalue weighted by Gasteiger charge is 2.40. The monoisotopic (exact) mass is 495 g/mol. The van der Waals surface area contributed by atoms with Crippen molar-refractivity contribution >= 4 is 27.7 Å².